The molecule has 0 aromatic carbocycles. The number of likely N-dealkylation sites (tertiary alicyclic amines) is 1. The van der Waals surface area contributed by atoms with Crippen LogP contribution in [0.25, 0.3) is 0 Å². The maximum Gasteiger partial charge on any atom is 0.435 e. The van der Waals surface area contributed by atoms with E-state index in [9.17, 15) is 22.8 Å². The van der Waals surface area contributed by atoms with E-state index in [0.717, 1.165) is 29.9 Å². The quantitative estimate of drug-likeness (QED) is 0.377. The zero-order valence-corrected chi connectivity index (χ0v) is 19.7. The molecule has 2 amide bonds. The van der Waals surface area contributed by atoms with Gasteiger partial charge in [-0.1, -0.05) is 0 Å². The van der Waals surface area contributed by atoms with Crippen molar-refractivity contribution in [2.24, 2.45) is 5.73 Å². The Morgan fingerprint density at radius 1 is 1.24 bits per heavy atom. The third-order valence-electron chi connectivity index (χ3n) is 6.62. The van der Waals surface area contributed by atoms with Crippen molar-refractivity contribution in [2.45, 2.75) is 44.1 Å². The number of anilines is 1. The van der Waals surface area contributed by atoms with E-state index in [2.05, 4.69) is 15.0 Å². The maximum atomic E-state index is 13.2. The van der Waals surface area contributed by atoms with Crippen LogP contribution in [0.15, 0.2) is 18.3 Å². The molecule has 2 aromatic heterocycles. The van der Waals surface area contributed by atoms with E-state index in [1.807, 2.05) is 17.0 Å². The molecule has 3 N–H and O–H groups in total. The summed E-state index contributed by atoms with van der Waals surface area (Å²) < 4.78 is 45.9. The highest BCUT2D eigenvalue weighted by atomic mass is 19.4. The average molecular weight is 519 g/mol. The van der Waals surface area contributed by atoms with Crippen LogP contribution in [0, 0.1) is 16.7 Å². The Balaban J connectivity index is 1.28. The first-order valence-corrected chi connectivity index (χ1v) is 11.6. The highest BCUT2D eigenvalue weighted by molar-refractivity contribution is 6.01. The fraction of sp³-hybridized carbons (Fsp3) is 0.478. The number of primary amides is 1. The third-order valence-corrected chi connectivity index (χ3v) is 6.62. The number of nitrogens with two attached hydrogens (primary N) is 1. The number of amides is 2. The Labute approximate surface area is 210 Å². The van der Waals surface area contributed by atoms with Gasteiger partial charge in [-0.25, -0.2) is 4.98 Å². The average Bonchev–Trinajstić information content (AvgIpc) is 3.56. The Kier molecular flexibility index (Phi) is 7.44. The molecule has 2 aliphatic heterocycles. The number of aromatic nitrogens is 3. The summed E-state index contributed by atoms with van der Waals surface area (Å²) in [6, 6.07) is 5.78. The number of hydrogen-bond acceptors (Lipinski definition) is 8. The molecule has 0 spiro atoms. The number of hydrogen-bond donors (Lipinski definition) is 2. The normalized spacial score (nSPS) is 19.1. The fourth-order valence-electron chi connectivity index (χ4n) is 4.99. The predicted molar refractivity (Wildman–Crippen MR) is 124 cm³/mol. The minimum absolute atomic E-state index is 0.0529. The Morgan fingerprint density at radius 3 is 2.62 bits per heavy atom. The molecule has 0 aliphatic carbocycles. The van der Waals surface area contributed by atoms with Crippen molar-refractivity contribution in [3.05, 3.63) is 40.8 Å². The number of rotatable bonds is 9. The number of alkyl halides is 3. The number of nitrogens with zero attached hydrogens (tertiary/aromatic N) is 6. The molecule has 196 valence electrons. The number of fused-ring (bicyclic) bond motifs is 1. The topological polar surface area (TPSA) is 154 Å². The second-order valence-corrected chi connectivity index (χ2v) is 8.71. The Bertz CT molecular complexity index is 1220. The van der Waals surface area contributed by atoms with Crippen molar-refractivity contribution in [1.29, 1.82) is 10.7 Å². The summed E-state index contributed by atoms with van der Waals surface area (Å²) in [7, 11) is 0. The molecule has 2 fully saturated rings. The highest BCUT2D eigenvalue weighted by Crippen LogP contribution is 2.35. The second kappa shape index (κ2) is 10.6. The van der Waals surface area contributed by atoms with E-state index in [4.69, 9.17) is 21.1 Å². The van der Waals surface area contributed by atoms with Crippen molar-refractivity contribution < 1.29 is 27.5 Å². The lowest BCUT2D eigenvalue weighted by Gasteiger charge is -2.26. The van der Waals surface area contributed by atoms with E-state index < -0.39 is 23.3 Å². The van der Waals surface area contributed by atoms with Gasteiger partial charge in [0.25, 0.3) is 5.91 Å². The van der Waals surface area contributed by atoms with Gasteiger partial charge in [0.2, 0.25) is 5.91 Å². The Morgan fingerprint density at radius 2 is 2.00 bits per heavy atom. The molecule has 0 radical (unpaired) electrons. The predicted octanol–water partition coefficient (Wildman–Crippen LogP) is 1.55. The molecule has 0 unspecified atom stereocenters. The van der Waals surface area contributed by atoms with Crippen LogP contribution in [0.2, 0.25) is 0 Å². The number of carbonyl (C=O) groups is 2. The molecule has 2 atom stereocenters. The molecule has 37 heavy (non-hydrogen) atoms. The van der Waals surface area contributed by atoms with Gasteiger partial charge in [0.1, 0.15) is 11.9 Å². The summed E-state index contributed by atoms with van der Waals surface area (Å²) in [6.07, 6.45) is -1.07. The van der Waals surface area contributed by atoms with Gasteiger partial charge in [-0.15, -0.1) is 0 Å². The summed E-state index contributed by atoms with van der Waals surface area (Å²) in [5.74, 6) is -0.620. The van der Waals surface area contributed by atoms with Crippen LogP contribution in [-0.4, -0.2) is 76.1 Å². The first-order valence-electron chi connectivity index (χ1n) is 11.6. The first-order chi connectivity index (χ1) is 17.7. The van der Waals surface area contributed by atoms with Crippen molar-refractivity contribution in [1.82, 2.24) is 19.7 Å². The van der Waals surface area contributed by atoms with Crippen LogP contribution in [-0.2, 0) is 22.3 Å². The van der Waals surface area contributed by atoms with Gasteiger partial charge in [0.15, 0.2) is 5.69 Å². The van der Waals surface area contributed by atoms with E-state index in [-0.39, 0.29) is 49.9 Å². The lowest BCUT2D eigenvalue weighted by atomic mass is 10.1. The van der Waals surface area contributed by atoms with Gasteiger partial charge in [0, 0.05) is 25.5 Å². The van der Waals surface area contributed by atoms with Gasteiger partial charge < -0.3 is 25.7 Å². The number of pyridine rings is 1. The Hall–Kier alpha value is -3.99. The lowest BCUT2D eigenvalue weighted by Crippen LogP contribution is -2.40. The van der Waals surface area contributed by atoms with Crippen molar-refractivity contribution in [2.75, 3.05) is 31.2 Å². The zero-order chi connectivity index (χ0) is 26.7. The molecule has 2 aromatic rings. The van der Waals surface area contributed by atoms with Gasteiger partial charge in [0.05, 0.1) is 55.1 Å². The molecule has 11 nitrogen and oxygen atoms in total. The number of carbonyl (C=O) groups excluding carboxylic acids is 2. The number of nitriles is 1. The molecule has 14 heteroatoms. The summed E-state index contributed by atoms with van der Waals surface area (Å²) in [4.78, 5) is 32.7. The summed E-state index contributed by atoms with van der Waals surface area (Å²) in [6.45, 7) is 1.18. The van der Waals surface area contributed by atoms with Crippen molar-refractivity contribution >= 4 is 23.8 Å². The minimum atomic E-state index is -4.90. The van der Waals surface area contributed by atoms with Crippen LogP contribution in [0.3, 0.4) is 0 Å². The number of halogens is 3. The standard InChI is InChI=1S/C23H25F3N8O3/c24-23(25,26)21-20(22(29)36)17(12-28)34(31-21)8-10-37-9-5-19(35)33-7-4-15-16(33)3-6-32(15)18-2-1-14(11-27)13-30-18/h1-2,12-13,15-16,28H,3-10H2,(H2,29,36)/t15-,16-/m1/s1. The monoisotopic (exact) mass is 518 g/mol. The van der Waals surface area contributed by atoms with Crippen LogP contribution in [0.5, 0.6) is 0 Å². The van der Waals surface area contributed by atoms with Gasteiger partial charge in [-0.05, 0) is 25.0 Å². The van der Waals surface area contributed by atoms with Crippen LogP contribution in [0.1, 0.15) is 46.6 Å². The SMILES string of the molecule is N#Cc1ccc(N2CC[C@@H]3[C@H]2CCN3C(=O)CCOCCn2nc(C(F)(F)F)c(C(N)=O)c2C=N)nc1. The van der Waals surface area contributed by atoms with E-state index >= 15 is 0 Å². The fourth-order valence-corrected chi connectivity index (χ4v) is 4.99. The van der Waals surface area contributed by atoms with Crippen LogP contribution >= 0.6 is 0 Å². The smallest absolute Gasteiger partial charge is 0.379 e. The van der Waals surface area contributed by atoms with Gasteiger partial charge in [-0.2, -0.15) is 23.5 Å². The molecule has 4 rings (SSSR count). The summed E-state index contributed by atoms with van der Waals surface area (Å²) >= 11 is 0. The molecule has 4 heterocycles. The zero-order valence-electron chi connectivity index (χ0n) is 19.7. The second-order valence-electron chi connectivity index (χ2n) is 8.71. The molecule has 2 saturated heterocycles. The number of ether oxygens (including phenoxy) is 1. The van der Waals surface area contributed by atoms with Gasteiger partial charge in [-0.3, -0.25) is 14.3 Å². The summed E-state index contributed by atoms with van der Waals surface area (Å²) in [5, 5.41) is 19.7. The number of nitrogens with one attached hydrogen (secondary N) is 1. The maximum absolute atomic E-state index is 13.2. The molecule has 2 aliphatic rings. The third kappa shape index (κ3) is 5.26. The summed E-state index contributed by atoms with van der Waals surface area (Å²) in [5.41, 5.74) is 2.90. The van der Waals surface area contributed by atoms with Crippen LogP contribution < -0.4 is 10.6 Å². The van der Waals surface area contributed by atoms with E-state index in [0.29, 0.717) is 18.3 Å². The van der Waals surface area contributed by atoms with E-state index in [1.54, 1.807) is 6.07 Å². The molecular weight excluding hydrogens is 493 g/mol. The molecule has 0 saturated carbocycles. The first kappa shape index (κ1) is 26.1. The van der Waals surface area contributed by atoms with Gasteiger partial charge >= 0.3 is 6.18 Å². The van der Waals surface area contributed by atoms with E-state index in [1.165, 1.54) is 6.20 Å². The highest BCUT2D eigenvalue weighted by Gasteiger charge is 2.44. The van der Waals surface area contributed by atoms with Crippen molar-refractivity contribution in [3.8, 4) is 6.07 Å². The van der Waals surface area contributed by atoms with Crippen LogP contribution in [0.4, 0.5) is 19.0 Å². The lowest BCUT2D eigenvalue weighted by molar-refractivity contribution is -0.142. The minimum Gasteiger partial charge on any atom is -0.379 e. The van der Waals surface area contributed by atoms with Crippen molar-refractivity contribution in [3.63, 3.8) is 0 Å². The molecule has 0 bridgehead atoms. The largest absolute Gasteiger partial charge is 0.435 e. The molecular formula is C23H25F3N8O3.